The molecule has 2 fully saturated rings. The second-order valence-electron chi connectivity index (χ2n) is 8.63. The molecule has 0 radical (unpaired) electrons. The van der Waals surface area contributed by atoms with Crippen LogP contribution in [0.15, 0.2) is 48.5 Å². The lowest BCUT2D eigenvalue weighted by Gasteiger charge is -2.36. The molecule has 8 heteroatoms. The van der Waals surface area contributed by atoms with Gasteiger partial charge in [0, 0.05) is 36.9 Å². The Bertz CT molecular complexity index is 1040. The number of nitrogens with one attached hydrogen (secondary N) is 1. The van der Waals surface area contributed by atoms with Crippen LogP contribution in [0.3, 0.4) is 0 Å². The molecule has 174 valence electrons. The number of carbonyl (C=O) groups is 3. The minimum Gasteiger partial charge on any atom is -0.481 e. The van der Waals surface area contributed by atoms with Crippen LogP contribution in [0.1, 0.15) is 36.0 Å². The van der Waals surface area contributed by atoms with E-state index in [9.17, 15) is 19.5 Å². The summed E-state index contributed by atoms with van der Waals surface area (Å²) in [5.41, 5.74) is 1.88. The second-order valence-corrected chi connectivity index (χ2v) is 9.07. The van der Waals surface area contributed by atoms with Gasteiger partial charge in [-0.15, -0.1) is 0 Å². The van der Waals surface area contributed by atoms with Crippen molar-refractivity contribution in [2.24, 2.45) is 11.8 Å². The monoisotopic (exact) mass is 469 g/mol. The molecule has 2 atom stereocenters. The number of carbonyl (C=O) groups excluding carboxylic acids is 2. The summed E-state index contributed by atoms with van der Waals surface area (Å²) in [6.07, 6.45) is 2.70. The summed E-state index contributed by atoms with van der Waals surface area (Å²) >= 11 is 6.11. The van der Waals surface area contributed by atoms with Gasteiger partial charge in [0.2, 0.25) is 5.91 Å². The first-order chi connectivity index (χ1) is 15.9. The zero-order chi connectivity index (χ0) is 23.4. The molecule has 2 aliphatic rings. The van der Waals surface area contributed by atoms with Gasteiger partial charge in [-0.05, 0) is 43.2 Å². The van der Waals surface area contributed by atoms with Crippen LogP contribution in [0.4, 0.5) is 11.4 Å². The number of carboxylic acid groups (broad SMARTS) is 1. The maximum Gasteiger partial charge on any atom is 0.307 e. The number of rotatable bonds is 5. The summed E-state index contributed by atoms with van der Waals surface area (Å²) in [6.45, 7) is 2.47. The lowest BCUT2D eigenvalue weighted by molar-refractivity contribution is -0.147. The van der Waals surface area contributed by atoms with Crippen LogP contribution in [-0.4, -0.2) is 54.0 Å². The largest absolute Gasteiger partial charge is 0.481 e. The number of amides is 2. The highest BCUT2D eigenvalue weighted by Crippen LogP contribution is 2.32. The van der Waals surface area contributed by atoms with Crippen LogP contribution in [0.2, 0.25) is 5.02 Å². The van der Waals surface area contributed by atoms with Crippen molar-refractivity contribution < 1.29 is 19.5 Å². The average molecular weight is 470 g/mol. The SMILES string of the molecule is O=C(Nc1ccccc1C(=O)N1CCN(c2cccc(Cl)c2)CC1)[C@H]1CCCC[C@H]1C(=O)O. The molecule has 0 bridgehead atoms. The lowest BCUT2D eigenvalue weighted by atomic mass is 9.78. The Morgan fingerprint density at radius 1 is 0.909 bits per heavy atom. The van der Waals surface area contributed by atoms with Crippen molar-refractivity contribution in [3.05, 3.63) is 59.1 Å². The zero-order valence-electron chi connectivity index (χ0n) is 18.4. The van der Waals surface area contributed by atoms with E-state index < -0.39 is 17.8 Å². The Hall–Kier alpha value is -3.06. The van der Waals surface area contributed by atoms with Gasteiger partial charge in [0.25, 0.3) is 5.91 Å². The van der Waals surface area contributed by atoms with Gasteiger partial charge in [0.05, 0.1) is 23.1 Å². The van der Waals surface area contributed by atoms with Crippen LogP contribution < -0.4 is 10.2 Å². The molecular weight excluding hydrogens is 442 g/mol. The molecular formula is C25H28ClN3O4. The van der Waals surface area contributed by atoms with Gasteiger partial charge in [-0.2, -0.15) is 0 Å². The Labute approximate surface area is 198 Å². The van der Waals surface area contributed by atoms with Gasteiger partial charge < -0.3 is 20.2 Å². The van der Waals surface area contributed by atoms with Crippen molar-refractivity contribution in [2.75, 3.05) is 36.4 Å². The smallest absolute Gasteiger partial charge is 0.307 e. The Morgan fingerprint density at radius 3 is 2.30 bits per heavy atom. The van der Waals surface area contributed by atoms with E-state index in [-0.39, 0.29) is 11.8 Å². The number of para-hydroxylation sites is 1. The van der Waals surface area contributed by atoms with Crippen LogP contribution in [0.25, 0.3) is 0 Å². The van der Waals surface area contributed by atoms with Crippen LogP contribution in [0, 0.1) is 11.8 Å². The van der Waals surface area contributed by atoms with Gasteiger partial charge in [0.15, 0.2) is 0 Å². The third kappa shape index (κ3) is 5.30. The van der Waals surface area contributed by atoms with Crippen molar-refractivity contribution in [2.45, 2.75) is 25.7 Å². The predicted molar refractivity (Wildman–Crippen MR) is 128 cm³/mol. The van der Waals surface area contributed by atoms with Crippen molar-refractivity contribution in [3.63, 3.8) is 0 Å². The topological polar surface area (TPSA) is 90.0 Å². The zero-order valence-corrected chi connectivity index (χ0v) is 19.1. The maximum absolute atomic E-state index is 13.3. The third-order valence-corrected chi connectivity index (χ3v) is 6.81. The second kappa shape index (κ2) is 10.3. The molecule has 2 aromatic carbocycles. The van der Waals surface area contributed by atoms with Gasteiger partial charge in [-0.25, -0.2) is 0 Å². The quantitative estimate of drug-likeness (QED) is 0.687. The number of hydrogen-bond donors (Lipinski definition) is 2. The fraction of sp³-hybridized carbons (Fsp3) is 0.400. The minimum atomic E-state index is -0.934. The highest BCUT2D eigenvalue weighted by molar-refractivity contribution is 6.30. The van der Waals surface area contributed by atoms with Gasteiger partial charge in [-0.1, -0.05) is 42.6 Å². The van der Waals surface area contributed by atoms with Crippen molar-refractivity contribution >= 4 is 40.8 Å². The number of halogens is 1. The van der Waals surface area contributed by atoms with E-state index in [1.165, 1.54) is 0 Å². The van der Waals surface area contributed by atoms with E-state index in [0.29, 0.717) is 55.3 Å². The van der Waals surface area contributed by atoms with E-state index in [1.54, 1.807) is 29.2 Å². The van der Waals surface area contributed by atoms with Crippen LogP contribution >= 0.6 is 11.6 Å². The Morgan fingerprint density at radius 2 is 1.61 bits per heavy atom. The van der Waals surface area contributed by atoms with Gasteiger partial charge >= 0.3 is 5.97 Å². The summed E-state index contributed by atoms with van der Waals surface area (Å²) in [4.78, 5) is 41.8. The molecule has 0 spiro atoms. The number of anilines is 2. The fourth-order valence-corrected chi connectivity index (χ4v) is 4.94. The van der Waals surface area contributed by atoms with E-state index >= 15 is 0 Å². The molecule has 0 aromatic heterocycles. The van der Waals surface area contributed by atoms with Crippen molar-refractivity contribution in [1.82, 2.24) is 4.90 Å². The average Bonchev–Trinajstić information content (AvgIpc) is 2.84. The molecule has 1 saturated carbocycles. The molecule has 2 aromatic rings. The lowest BCUT2D eigenvalue weighted by Crippen LogP contribution is -2.49. The molecule has 33 heavy (non-hydrogen) atoms. The highest BCUT2D eigenvalue weighted by Gasteiger charge is 2.36. The van der Waals surface area contributed by atoms with Crippen molar-refractivity contribution in [1.29, 1.82) is 0 Å². The summed E-state index contributed by atoms with van der Waals surface area (Å²) < 4.78 is 0. The number of benzene rings is 2. The fourth-order valence-electron chi connectivity index (χ4n) is 4.76. The predicted octanol–water partition coefficient (Wildman–Crippen LogP) is 4.13. The first kappa shape index (κ1) is 23.1. The third-order valence-electron chi connectivity index (χ3n) is 6.58. The molecule has 2 N–H and O–H groups in total. The molecule has 7 nitrogen and oxygen atoms in total. The Kier molecular flexibility index (Phi) is 7.18. The Balaban J connectivity index is 1.43. The number of carboxylic acids is 1. The van der Waals surface area contributed by atoms with Crippen LogP contribution in [-0.2, 0) is 9.59 Å². The summed E-state index contributed by atoms with van der Waals surface area (Å²) in [5, 5.41) is 13.0. The molecule has 1 aliphatic carbocycles. The number of aliphatic carboxylic acids is 1. The van der Waals surface area contributed by atoms with E-state index in [1.807, 2.05) is 24.3 Å². The summed E-state index contributed by atoms with van der Waals surface area (Å²) in [6, 6.07) is 14.6. The molecule has 1 saturated heterocycles. The van der Waals surface area contributed by atoms with Crippen molar-refractivity contribution in [3.8, 4) is 0 Å². The summed E-state index contributed by atoms with van der Waals surface area (Å²) in [7, 11) is 0. The molecule has 0 unspecified atom stereocenters. The normalized spacial score (nSPS) is 20.9. The first-order valence-corrected chi connectivity index (χ1v) is 11.7. The first-order valence-electron chi connectivity index (χ1n) is 11.4. The van der Waals surface area contributed by atoms with E-state index in [0.717, 1.165) is 18.5 Å². The molecule has 4 rings (SSSR count). The molecule has 1 aliphatic heterocycles. The van der Waals surface area contributed by atoms with Gasteiger partial charge in [0.1, 0.15) is 0 Å². The highest BCUT2D eigenvalue weighted by atomic mass is 35.5. The standard InChI is InChI=1S/C25H28ClN3O4/c26-17-6-5-7-18(16-17)28-12-14-29(15-13-28)24(31)21-10-3-4-11-22(21)27-23(30)19-8-1-2-9-20(19)25(32)33/h3-7,10-11,16,19-20H,1-2,8-9,12-15H2,(H,27,30)(H,32,33)/t19-,20+/m0/s1. The number of hydrogen-bond acceptors (Lipinski definition) is 4. The van der Waals surface area contributed by atoms with Crippen LogP contribution in [0.5, 0.6) is 0 Å². The maximum atomic E-state index is 13.3. The number of nitrogens with zero attached hydrogens (tertiary/aromatic N) is 2. The minimum absolute atomic E-state index is 0.143. The van der Waals surface area contributed by atoms with Gasteiger partial charge in [-0.3, -0.25) is 14.4 Å². The number of piperazine rings is 1. The molecule has 2 amide bonds. The summed E-state index contributed by atoms with van der Waals surface area (Å²) in [5.74, 6) is -2.66. The van der Waals surface area contributed by atoms with E-state index in [2.05, 4.69) is 10.2 Å². The van der Waals surface area contributed by atoms with E-state index in [4.69, 9.17) is 11.6 Å². The molecule has 1 heterocycles.